The largest absolute Gasteiger partial charge is 0.486 e. The SMILES string of the molecule is Cc1cc(C)c2c(c1)C(=O)CC(C)(CCN1CCNCC1)O2.Cl.Cl. The van der Waals surface area contributed by atoms with E-state index in [4.69, 9.17) is 4.74 Å². The zero-order chi connectivity index (χ0) is 15.7. The highest BCUT2D eigenvalue weighted by Crippen LogP contribution is 2.38. The first-order chi connectivity index (χ1) is 10.5. The average molecular weight is 375 g/mol. The summed E-state index contributed by atoms with van der Waals surface area (Å²) in [6.07, 6.45) is 1.38. The minimum atomic E-state index is -0.380. The van der Waals surface area contributed by atoms with E-state index in [0.29, 0.717) is 6.42 Å². The van der Waals surface area contributed by atoms with Crippen LogP contribution in [0.3, 0.4) is 0 Å². The number of aryl methyl sites for hydroxylation is 2. The summed E-state index contributed by atoms with van der Waals surface area (Å²) in [4.78, 5) is 15.0. The molecule has 0 spiro atoms. The molecule has 1 atom stereocenters. The van der Waals surface area contributed by atoms with E-state index in [-0.39, 0.29) is 36.2 Å². The van der Waals surface area contributed by atoms with Crippen molar-refractivity contribution in [1.29, 1.82) is 0 Å². The van der Waals surface area contributed by atoms with Gasteiger partial charge in [-0.15, -0.1) is 24.8 Å². The molecule has 0 saturated carbocycles. The molecule has 0 radical (unpaired) electrons. The molecule has 6 heteroatoms. The maximum atomic E-state index is 12.6. The number of ketones is 1. The van der Waals surface area contributed by atoms with Gasteiger partial charge in [-0.05, 0) is 44.4 Å². The van der Waals surface area contributed by atoms with Crippen molar-refractivity contribution in [2.45, 2.75) is 39.2 Å². The molecule has 2 heterocycles. The first-order valence-corrected chi connectivity index (χ1v) is 8.23. The first kappa shape index (κ1) is 21.2. The molecule has 2 aliphatic heterocycles. The maximum Gasteiger partial charge on any atom is 0.170 e. The van der Waals surface area contributed by atoms with Crippen LogP contribution >= 0.6 is 24.8 Å². The van der Waals surface area contributed by atoms with Gasteiger partial charge in [-0.3, -0.25) is 4.79 Å². The molecular weight excluding hydrogens is 347 g/mol. The van der Waals surface area contributed by atoms with Crippen LogP contribution in [0.4, 0.5) is 0 Å². The Morgan fingerprint density at radius 2 is 1.88 bits per heavy atom. The molecule has 1 saturated heterocycles. The molecule has 3 rings (SSSR count). The molecule has 0 amide bonds. The Bertz CT molecular complexity index is 589. The third-order valence-corrected chi connectivity index (χ3v) is 4.77. The molecule has 2 aliphatic rings. The lowest BCUT2D eigenvalue weighted by atomic mass is 9.87. The fourth-order valence-electron chi connectivity index (χ4n) is 3.48. The van der Waals surface area contributed by atoms with Gasteiger partial charge in [0.15, 0.2) is 5.78 Å². The van der Waals surface area contributed by atoms with Crippen LogP contribution in [0.1, 0.15) is 41.3 Å². The monoisotopic (exact) mass is 374 g/mol. The fourth-order valence-corrected chi connectivity index (χ4v) is 3.48. The number of carbonyl (C=O) groups is 1. The number of carbonyl (C=O) groups excluding carboxylic acids is 1. The Hall–Kier alpha value is -0.810. The van der Waals surface area contributed by atoms with E-state index < -0.39 is 0 Å². The first-order valence-electron chi connectivity index (χ1n) is 8.23. The van der Waals surface area contributed by atoms with Crippen molar-refractivity contribution in [3.63, 3.8) is 0 Å². The van der Waals surface area contributed by atoms with Gasteiger partial charge < -0.3 is 15.0 Å². The highest BCUT2D eigenvalue weighted by molar-refractivity contribution is 6.01. The minimum Gasteiger partial charge on any atom is -0.486 e. The highest BCUT2D eigenvalue weighted by atomic mass is 35.5. The van der Waals surface area contributed by atoms with Crippen molar-refractivity contribution >= 4 is 30.6 Å². The Balaban J connectivity index is 0.00000144. The molecule has 4 nitrogen and oxygen atoms in total. The van der Waals surface area contributed by atoms with Crippen LogP contribution in [0.15, 0.2) is 12.1 Å². The van der Waals surface area contributed by atoms with Crippen LogP contribution < -0.4 is 10.1 Å². The minimum absolute atomic E-state index is 0. The lowest BCUT2D eigenvalue weighted by Gasteiger charge is -2.38. The van der Waals surface area contributed by atoms with Crippen LogP contribution in [0.2, 0.25) is 0 Å². The van der Waals surface area contributed by atoms with E-state index in [0.717, 1.165) is 61.6 Å². The van der Waals surface area contributed by atoms with Gasteiger partial charge in [0.05, 0.1) is 12.0 Å². The lowest BCUT2D eigenvalue weighted by Crippen LogP contribution is -2.47. The predicted molar refractivity (Wildman–Crippen MR) is 102 cm³/mol. The van der Waals surface area contributed by atoms with Crippen molar-refractivity contribution in [2.75, 3.05) is 32.7 Å². The Labute approximate surface area is 157 Å². The summed E-state index contributed by atoms with van der Waals surface area (Å²) in [5, 5.41) is 3.37. The van der Waals surface area contributed by atoms with E-state index in [1.54, 1.807) is 0 Å². The van der Waals surface area contributed by atoms with Gasteiger partial charge in [0, 0.05) is 32.7 Å². The summed E-state index contributed by atoms with van der Waals surface area (Å²) in [5.74, 6) is 1.01. The number of halogens is 2. The number of hydrogen-bond acceptors (Lipinski definition) is 4. The lowest BCUT2D eigenvalue weighted by molar-refractivity contribution is 0.0382. The smallest absolute Gasteiger partial charge is 0.170 e. The number of ether oxygens (including phenoxy) is 1. The van der Waals surface area contributed by atoms with Gasteiger partial charge in [0.2, 0.25) is 0 Å². The van der Waals surface area contributed by atoms with Crippen LogP contribution in [0.25, 0.3) is 0 Å². The molecule has 1 unspecified atom stereocenters. The van der Waals surface area contributed by atoms with Crippen LogP contribution in [0, 0.1) is 13.8 Å². The quantitative estimate of drug-likeness (QED) is 0.881. The molecule has 1 N–H and O–H groups in total. The number of rotatable bonds is 3. The summed E-state index contributed by atoms with van der Waals surface area (Å²) >= 11 is 0. The van der Waals surface area contributed by atoms with Gasteiger partial charge in [0.25, 0.3) is 0 Å². The average Bonchev–Trinajstić information content (AvgIpc) is 2.48. The summed E-state index contributed by atoms with van der Waals surface area (Å²) in [5.41, 5.74) is 2.57. The van der Waals surface area contributed by atoms with E-state index in [1.807, 2.05) is 19.9 Å². The fraction of sp³-hybridized carbons (Fsp3) is 0.611. The van der Waals surface area contributed by atoms with Gasteiger partial charge >= 0.3 is 0 Å². The highest BCUT2D eigenvalue weighted by Gasteiger charge is 2.37. The van der Waals surface area contributed by atoms with Crippen molar-refractivity contribution in [1.82, 2.24) is 10.2 Å². The molecular formula is C18H28Cl2N2O2. The van der Waals surface area contributed by atoms with Crippen molar-refractivity contribution in [3.05, 3.63) is 28.8 Å². The van der Waals surface area contributed by atoms with Crippen LogP contribution in [-0.2, 0) is 0 Å². The standard InChI is InChI=1S/C18H26N2O2.2ClH/c1-13-10-14(2)17-15(11-13)16(21)12-18(3,22-17)4-7-20-8-5-19-6-9-20;;/h10-11,19H,4-9,12H2,1-3H3;2*1H. The van der Waals surface area contributed by atoms with Crippen molar-refractivity contribution < 1.29 is 9.53 Å². The molecule has 136 valence electrons. The second kappa shape index (κ2) is 8.52. The van der Waals surface area contributed by atoms with E-state index in [1.165, 1.54) is 0 Å². The number of benzene rings is 1. The molecule has 1 aromatic carbocycles. The number of hydrogen-bond donors (Lipinski definition) is 1. The topological polar surface area (TPSA) is 41.6 Å². The molecule has 1 aromatic rings. The number of fused-ring (bicyclic) bond motifs is 1. The van der Waals surface area contributed by atoms with Crippen LogP contribution in [-0.4, -0.2) is 49.0 Å². The second-order valence-electron chi connectivity index (χ2n) is 6.95. The summed E-state index contributed by atoms with van der Waals surface area (Å²) in [7, 11) is 0. The Morgan fingerprint density at radius 3 is 2.54 bits per heavy atom. The van der Waals surface area contributed by atoms with Gasteiger partial charge in [-0.1, -0.05) is 6.07 Å². The number of piperazine rings is 1. The maximum absolute atomic E-state index is 12.6. The predicted octanol–water partition coefficient (Wildman–Crippen LogP) is 3.17. The van der Waals surface area contributed by atoms with Gasteiger partial charge in [-0.25, -0.2) is 0 Å². The molecule has 24 heavy (non-hydrogen) atoms. The summed E-state index contributed by atoms with van der Waals surface area (Å²) in [6.45, 7) is 11.4. The van der Waals surface area contributed by atoms with Gasteiger partial charge in [0.1, 0.15) is 11.4 Å². The van der Waals surface area contributed by atoms with Crippen LogP contribution in [0.5, 0.6) is 5.75 Å². The molecule has 0 aromatic heterocycles. The van der Waals surface area contributed by atoms with Crippen molar-refractivity contribution in [3.8, 4) is 5.75 Å². The number of Topliss-reactive ketones (excluding diaryl/α,β-unsaturated/α-hetero) is 1. The van der Waals surface area contributed by atoms with E-state index >= 15 is 0 Å². The summed E-state index contributed by atoms with van der Waals surface area (Å²) in [6, 6.07) is 4.05. The zero-order valence-corrected chi connectivity index (χ0v) is 16.3. The Morgan fingerprint density at radius 1 is 1.21 bits per heavy atom. The van der Waals surface area contributed by atoms with E-state index in [2.05, 4.69) is 23.2 Å². The molecule has 0 bridgehead atoms. The molecule has 1 fully saturated rings. The molecule has 0 aliphatic carbocycles. The van der Waals surface area contributed by atoms with E-state index in [9.17, 15) is 4.79 Å². The zero-order valence-electron chi connectivity index (χ0n) is 14.7. The third kappa shape index (κ3) is 4.63. The Kier molecular flexibility index (Phi) is 7.54. The number of nitrogens with one attached hydrogen (secondary N) is 1. The van der Waals surface area contributed by atoms with Crippen molar-refractivity contribution in [2.24, 2.45) is 0 Å². The third-order valence-electron chi connectivity index (χ3n) is 4.77. The normalized spacial score (nSPS) is 23.5. The summed E-state index contributed by atoms with van der Waals surface area (Å²) < 4.78 is 6.30. The number of nitrogens with zero attached hydrogens (tertiary/aromatic N) is 1. The second-order valence-corrected chi connectivity index (χ2v) is 6.95. The van der Waals surface area contributed by atoms with Gasteiger partial charge in [-0.2, -0.15) is 0 Å².